The van der Waals surface area contributed by atoms with Crippen molar-refractivity contribution in [1.82, 2.24) is 9.13 Å². The smallest absolute Gasteiger partial charge is 0.347 e. The van der Waals surface area contributed by atoms with Crippen molar-refractivity contribution in [3.8, 4) is 11.4 Å². The predicted molar refractivity (Wildman–Crippen MR) is 107 cm³/mol. The molecule has 0 spiro atoms. The summed E-state index contributed by atoms with van der Waals surface area (Å²) in [7, 11) is 0. The summed E-state index contributed by atoms with van der Waals surface area (Å²) in [6.45, 7) is 7.22. The Kier molecular flexibility index (Phi) is 5.14. The van der Waals surface area contributed by atoms with Crippen LogP contribution in [0.25, 0.3) is 5.69 Å². The van der Waals surface area contributed by atoms with Gasteiger partial charge in [-0.05, 0) is 56.5 Å². The van der Waals surface area contributed by atoms with Crippen molar-refractivity contribution in [2.75, 3.05) is 0 Å². The summed E-state index contributed by atoms with van der Waals surface area (Å²) in [6.07, 6.45) is 3.52. The second-order valence-corrected chi connectivity index (χ2v) is 7.39. The molecular formula is C22H24N2O4. The molecule has 6 heteroatoms. The van der Waals surface area contributed by atoms with Gasteiger partial charge in [0.1, 0.15) is 5.75 Å². The minimum Gasteiger partial charge on any atom is -0.478 e. The fourth-order valence-electron chi connectivity index (χ4n) is 3.11. The lowest BCUT2D eigenvalue weighted by atomic mass is 10.0. The lowest BCUT2D eigenvalue weighted by Crippen LogP contribution is -2.38. The number of carboxylic acid groups (broad SMARTS) is 1. The maximum atomic E-state index is 12.7. The third kappa shape index (κ3) is 3.86. The van der Waals surface area contributed by atoms with E-state index in [9.17, 15) is 14.7 Å². The number of hydrogen-bond donors (Lipinski definition) is 1. The second kappa shape index (κ2) is 7.38. The van der Waals surface area contributed by atoms with E-state index in [0.29, 0.717) is 12.3 Å². The van der Waals surface area contributed by atoms with Crippen LogP contribution in [-0.2, 0) is 11.3 Å². The molecule has 0 aliphatic heterocycles. The van der Waals surface area contributed by atoms with Crippen LogP contribution in [0.2, 0.25) is 0 Å². The highest BCUT2D eigenvalue weighted by Gasteiger charge is 2.30. The van der Waals surface area contributed by atoms with E-state index in [2.05, 4.69) is 0 Å². The average Bonchev–Trinajstić information content (AvgIpc) is 2.99. The topological polar surface area (TPSA) is 73.5 Å². The Labute approximate surface area is 163 Å². The van der Waals surface area contributed by atoms with E-state index >= 15 is 0 Å². The summed E-state index contributed by atoms with van der Waals surface area (Å²) in [5.41, 5.74) is 2.00. The summed E-state index contributed by atoms with van der Waals surface area (Å²) < 4.78 is 8.99. The molecule has 0 unspecified atom stereocenters. The van der Waals surface area contributed by atoms with Gasteiger partial charge in [-0.25, -0.2) is 9.59 Å². The monoisotopic (exact) mass is 380 g/mol. The molecule has 6 nitrogen and oxygen atoms in total. The molecule has 3 aromatic rings. The summed E-state index contributed by atoms with van der Waals surface area (Å²) in [5, 5.41) is 9.30. The Balaban J connectivity index is 1.88. The number of ether oxygens (including phenoxy) is 1. The lowest BCUT2D eigenvalue weighted by Gasteiger charge is -2.24. The zero-order valence-electron chi connectivity index (χ0n) is 16.5. The Morgan fingerprint density at radius 2 is 1.68 bits per heavy atom. The van der Waals surface area contributed by atoms with Crippen LogP contribution in [0, 0.1) is 13.8 Å². The molecule has 1 N–H and O–H groups in total. The van der Waals surface area contributed by atoms with E-state index in [4.69, 9.17) is 4.74 Å². The van der Waals surface area contributed by atoms with Gasteiger partial charge in [-0.15, -0.1) is 0 Å². The van der Waals surface area contributed by atoms with E-state index in [1.807, 2.05) is 56.3 Å². The minimum atomic E-state index is -1.32. The van der Waals surface area contributed by atoms with Gasteiger partial charge in [0, 0.05) is 12.4 Å². The standard InChI is InChI=1S/C22H24N2O4/c1-15-12-17(13-16(2)19(15)28-22(3,4)20(25)26)14-23-10-11-24(21(23)27)18-8-6-5-7-9-18/h5-13H,14H2,1-4H3,(H,25,26). The molecule has 0 atom stereocenters. The quantitative estimate of drug-likeness (QED) is 0.710. The number of nitrogens with zero attached hydrogens (tertiary/aromatic N) is 2. The Hall–Kier alpha value is -3.28. The van der Waals surface area contributed by atoms with Crippen LogP contribution in [0.5, 0.6) is 5.75 Å². The molecule has 0 aliphatic rings. The Bertz CT molecular complexity index is 1040. The third-order valence-electron chi connectivity index (χ3n) is 4.63. The number of carbonyl (C=O) groups is 1. The normalized spacial score (nSPS) is 11.4. The van der Waals surface area contributed by atoms with Crippen molar-refractivity contribution in [3.05, 3.63) is 82.0 Å². The van der Waals surface area contributed by atoms with E-state index in [1.54, 1.807) is 21.5 Å². The molecule has 2 aromatic carbocycles. The molecule has 0 fully saturated rings. The number of aromatic nitrogens is 2. The van der Waals surface area contributed by atoms with Gasteiger partial charge in [-0.2, -0.15) is 0 Å². The average molecular weight is 380 g/mol. The third-order valence-corrected chi connectivity index (χ3v) is 4.63. The summed E-state index contributed by atoms with van der Waals surface area (Å²) in [5.74, 6) is -0.463. The molecule has 0 aliphatic carbocycles. The first kappa shape index (κ1) is 19.5. The highest BCUT2D eigenvalue weighted by atomic mass is 16.5. The maximum absolute atomic E-state index is 12.7. The van der Waals surface area contributed by atoms with Gasteiger partial charge in [-0.3, -0.25) is 9.13 Å². The highest BCUT2D eigenvalue weighted by molar-refractivity contribution is 5.77. The first-order valence-electron chi connectivity index (χ1n) is 9.05. The predicted octanol–water partition coefficient (Wildman–Crippen LogP) is 3.55. The molecule has 0 saturated heterocycles. The fraction of sp³-hybridized carbons (Fsp3) is 0.273. The van der Waals surface area contributed by atoms with Crippen molar-refractivity contribution >= 4 is 5.97 Å². The van der Waals surface area contributed by atoms with Gasteiger partial charge in [0.15, 0.2) is 5.60 Å². The largest absolute Gasteiger partial charge is 0.478 e. The molecule has 0 bridgehead atoms. The molecule has 0 amide bonds. The van der Waals surface area contributed by atoms with Crippen LogP contribution in [0.15, 0.2) is 59.7 Å². The zero-order chi connectivity index (χ0) is 20.5. The van der Waals surface area contributed by atoms with Gasteiger partial charge < -0.3 is 9.84 Å². The number of aryl methyl sites for hydroxylation is 2. The molecule has 146 valence electrons. The van der Waals surface area contributed by atoms with Crippen LogP contribution in [0.4, 0.5) is 0 Å². The Morgan fingerprint density at radius 3 is 2.25 bits per heavy atom. The van der Waals surface area contributed by atoms with Crippen LogP contribution in [0.3, 0.4) is 0 Å². The van der Waals surface area contributed by atoms with Crippen LogP contribution < -0.4 is 10.4 Å². The number of benzene rings is 2. The van der Waals surface area contributed by atoms with Crippen molar-refractivity contribution in [2.24, 2.45) is 0 Å². The lowest BCUT2D eigenvalue weighted by molar-refractivity contribution is -0.152. The number of rotatable bonds is 6. The minimum absolute atomic E-state index is 0.117. The van der Waals surface area contributed by atoms with Crippen molar-refractivity contribution in [3.63, 3.8) is 0 Å². The van der Waals surface area contributed by atoms with Gasteiger partial charge in [0.25, 0.3) is 0 Å². The van der Waals surface area contributed by atoms with E-state index in [0.717, 1.165) is 22.4 Å². The van der Waals surface area contributed by atoms with Crippen molar-refractivity contribution < 1.29 is 14.6 Å². The van der Waals surface area contributed by atoms with Crippen molar-refractivity contribution in [2.45, 2.75) is 39.8 Å². The fourth-order valence-corrected chi connectivity index (χ4v) is 3.11. The zero-order valence-corrected chi connectivity index (χ0v) is 16.5. The number of hydrogen-bond acceptors (Lipinski definition) is 3. The molecule has 28 heavy (non-hydrogen) atoms. The molecular weight excluding hydrogens is 356 g/mol. The molecule has 0 radical (unpaired) electrons. The number of aliphatic carboxylic acids is 1. The van der Waals surface area contributed by atoms with Crippen molar-refractivity contribution in [1.29, 1.82) is 0 Å². The van der Waals surface area contributed by atoms with E-state index in [-0.39, 0.29) is 5.69 Å². The van der Waals surface area contributed by atoms with Gasteiger partial charge >= 0.3 is 11.7 Å². The van der Waals surface area contributed by atoms with Gasteiger partial charge in [0.05, 0.1) is 12.2 Å². The van der Waals surface area contributed by atoms with Gasteiger partial charge in [0.2, 0.25) is 0 Å². The number of carboxylic acids is 1. The first-order valence-corrected chi connectivity index (χ1v) is 9.05. The van der Waals surface area contributed by atoms with E-state index in [1.165, 1.54) is 13.8 Å². The first-order chi connectivity index (χ1) is 13.2. The van der Waals surface area contributed by atoms with E-state index < -0.39 is 11.6 Å². The van der Waals surface area contributed by atoms with Crippen LogP contribution in [0.1, 0.15) is 30.5 Å². The Morgan fingerprint density at radius 1 is 1.07 bits per heavy atom. The second-order valence-electron chi connectivity index (χ2n) is 7.39. The molecule has 1 heterocycles. The SMILES string of the molecule is Cc1cc(Cn2ccn(-c3ccccc3)c2=O)cc(C)c1OC(C)(C)C(=O)O. The number of para-hydroxylation sites is 1. The highest BCUT2D eigenvalue weighted by Crippen LogP contribution is 2.29. The molecule has 1 aromatic heterocycles. The number of imidazole rings is 1. The molecule has 3 rings (SSSR count). The summed E-state index contributed by atoms with van der Waals surface area (Å²) >= 11 is 0. The summed E-state index contributed by atoms with van der Waals surface area (Å²) in [4.78, 5) is 24.1. The maximum Gasteiger partial charge on any atom is 0.347 e. The van der Waals surface area contributed by atoms with Crippen LogP contribution in [-0.4, -0.2) is 25.8 Å². The summed E-state index contributed by atoms with van der Waals surface area (Å²) in [6, 6.07) is 13.3. The van der Waals surface area contributed by atoms with Gasteiger partial charge in [-0.1, -0.05) is 30.3 Å². The molecule has 0 saturated carbocycles. The van der Waals surface area contributed by atoms with Crippen LogP contribution >= 0.6 is 0 Å².